The Hall–Kier alpha value is -4.50. The number of unbranched alkanes of at least 4 members (excludes halogenated alkanes) is 2. The van der Waals surface area contributed by atoms with Gasteiger partial charge in [0.2, 0.25) is 21.8 Å². The molecule has 3 amide bonds. The average molecular weight is 804 g/mol. The number of benzene rings is 3. The monoisotopic (exact) mass is 803 g/mol. The van der Waals surface area contributed by atoms with Crippen molar-refractivity contribution in [2.24, 2.45) is 0 Å². The van der Waals surface area contributed by atoms with Crippen LogP contribution >= 0.6 is 0 Å². The highest BCUT2D eigenvalue weighted by Gasteiger charge is 2.29. The molecular weight excluding hydrogens is 745 g/mol. The molecule has 2 heterocycles. The van der Waals surface area contributed by atoms with Crippen LogP contribution in [0.15, 0.2) is 78.9 Å². The number of amides is 3. The van der Waals surface area contributed by atoms with Gasteiger partial charge in [0, 0.05) is 70.9 Å². The number of anilines is 1. The van der Waals surface area contributed by atoms with Gasteiger partial charge in [0.05, 0.1) is 17.9 Å². The summed E-state index contributed by atoms with van der Waals surface area (Å²) in [5.74, 6) is 0.144. The molecule has 14 heteroatoms. The molecule has 2 aliphatic heterocycles. The molecule has 1 radical (unpaired) electrons. The lowest BCUT2D eigenvalue weighted by Gasteiger charge is -2.37. The fraction of sp³-hybridized carbons (Fsp3) is 0.488. The summed E-state index contributed by atoms with van der Waals surface area (Å²) in [7, 11) is -3.18. The zero-order chi connectivity index (χ0) is 40.5. The largest absolute Gasteiger partial charge is 0.508 e. The van der Waals surface area contributed by atoms with Gasteiger partial charge in [-0.25, -0.2) is 23.2 Å². The highest BCUT2D eigenvalue weighted by molar-refractivity contribution is 7.89. The van der Waals surface area contributed by atoms with Gasteiger partial charge in [0.25, 0.3) is 0 Å². The molecule has 2 aliphatic rings. The summed E-state index contributed by atoms with van der Waals surface area (Å²) in [6.07, 6.45) is 6.87. The van der Waals surface area contributed by atoms with Gasteiger partial charge in [-0.05, 0) is 87.7 Å². The molecule has 0 aromatic heterocycles. The standard InChI is InChI=1S/C43H59N6O7S/c1-2-57(54,55)48-32-30-45(31-33-48)26-14-19-42(52)46(35-36-20-22-38(50)23-21-36)27-11-4-10-25-44-41(51)24-34-56-43(53)49(47-28-12-5-13-29-47)40-18-9-8-17-39(40)37-15-6-3-7-16-37/h3,5-9,15-18,20-23,50H,2,4,10-14,19,24-35H2,1H3,(H,44,51). The Balaban J connectivity index is 1.03. The minimum atomic E-state index is -3.18. The van der Waals surface area contributed by atoms with Gasteiger partial charge < -0.3 is 25.0 Å². The lowest BCUT2D eigenvalue weighted by Crippen LogP contribution is -2.50. The number of sulfonamides is 1. The van der Waals surface area contributed by atoms with E-state index in [9.17, 15) is 27.9 Å². The van der Waals surface area contributed by atoms with Gasteiger partial charge in [-0.1, -0.05) is 60.7 Å². The molecule has 57 heavy (non-hydrogen) atoms. The van der Waals surface area contributed by atoms with Crippen LogP contribution in [-0.2, 0) is 30.9 Å². The number of hydrogen-bond acceptors (Lipinski definition) is 9. The Morgan fingerprint density at radius 2 is 1.51 bits per heavy atom. The van der Waals surface area contributed by atoms with Crippen molar-refractivity contribution >= 4 is 33.6 Å². The highest BCUT2D eigenvalue weighted by atomic mass is 32.2. The normalized spacial score (nSPS) is 15.5. The van der Waals surface area contributed by atoms with Crippen LogP contribution in [0.2, 0.25) is 0 Å². The summed E-state index contributed by atoms with van der Waals surface area (Å²) in [4.78, 5) is 43.8. The van der Waals surface area contributed by atoms with E-state index in [2.05, 4.69) is 16.6 Å². The van der Waals surface area contributed by atoms with E-state index in [0.717, 1.165) is 61.0 Å². The lowest BCUT2D eigenvalue weighted by atomic mass is 10.0. The molecule has 309 valence electrons. The first-order valence-corrected chi connectivity index (χ1v) is 22.0. The van der Waals surface area contributed by atoms with Crippen LogP contribution in [0.5, 0.6) is 5.75 Å². The number of piperidine rings is 1. The smallest absolute Gasteiger partial charge is 0.429 e. The van der Waals surface area contributed by atoms with Gasteiger partial charge in [-0.15, -0.1) is 0 Å². The van der Waals surface area contributed by atoms with Crippen LogP contribution in [0.4, 0.5) is 10.5 Å². The molecular formula is C43H59N6O7S. The Labute approximate surface area is 338 Å². The number of phenolic OH excluding ortho intramolecular Hbond substituents is 1. The van der Waals surface area contributed by atoms with E-state index < -0.39 is 16.1 Å². The van der Waals surface area contributed by atoms with Gasteiger partial charge in [-0.3, -0.25) is 9.59 Å². The zero-order valence-electron chi connectivity index (χ0n) is 33.3. The zero-order valence-corrected chi connectivity index (χ0v) is 34.1. The van der Waals surface area contributed by atoms with Gasteiger partial charge in [-0.2, -0.15) is 4.31 Å². The van der Waals surface area contributed by atoms with E-state index in [1.807, 2.05) is 76.6 Å². The maximum absolute atomic E-state index is 13.6. The number of hydrogen-bond donors (Lipinski definition) is 2. The number of phenols is 1. The lowest BCUT2D eigenvalue weighted by molar-refractivity contribution is -0.132. The molecule has 13 nitrogen and oxygen atoms in total. The molecule has 5 rings (SSSR count). The molecule has 0 aliphatic carbocycles. The first kappa shape index (κ1) is 43.6. The van der Waals surface area contributed by atoms with Crippen LogP contribution in [0.3, 0.4) is 0 Å². The minimum Gasteiger partial charge on any atom is -0.508 e. The Morgan fingerprint density at radius 3 is 2.23 bits per heavy atom. The number of ether oxygens (including phenoxy) is 1. The predicted molar refractivity (Wildman–Crippen MR) is 223 cm³/mol. The molecule has 2 N–H and O–H groups in total. The van der Waals surface area contributed by atoms with E-state index in [1.165, 1.54) is 0 Å². The number of nitrogens with one attached hydrogen (secondary N) is 1. The average Bonchev–Trinajstić information content (AvgIpc) is 3.23. The quantitative estimate of drug-likeness (QED) is 0.138. The molecule has 0 unspecified atom stereocenters. The maximum atomic E-state index is 13.6. The highest BCUT2D eigenvalue weighted by Crippen LogP contribution is 2.33. The van der Waals surface area contributed by atoms with Crippen LogP contribution in [-0.4, -0.2) is 122 Å². The van der Waals surface area contributed by atoms with Crippen molar-refractivity contribution in [1.82, 2.24) is 24.4 Å². The first-order chi connectivity index (χ1) is 27.6. The number of hydrazine groups is 1. The molecule has 2 fully saturated rings. The Bertz CT molecular complexity index is 1810. The molecule has 0 atom stereocenters. The van der Waals surface area contributed by atoms with Crippen molar-refractivity contribution < 1.29 is 32.6 Å². The van der Waals surface area contributed by atoms with Crippen LogP contribution in [0, 0.1) is 6.42 Å². The molecule has 0 bridgehead atoms. The summed E-state index contributed by atoms with van der Waals surface area (Å²) < 4.78 is 31.6. The number of nitrogens with zero attached hydrogens (tertiary/aromatic N) is 5. The second-order valence-corrected chi connectivity index (χ2v) is 16.8. The number of piperazine rings is 1. The first-order valence-electron chi connectivity index (χ1n) is 20.3. The summed E-state index contributed by atoms with van der Waals surface area (Å²) in [6, 6.07) is 24.6. The molecule has 3 aromatic rings. The van der Waals surface area contributed by atoms with E-state index in [0.29, 0.717) is 71.7 Å². The summed E-state index contributed by atoms with van der Waals surface area (Å²) in [5, 5.41) is 16.3. The van der Waals surface area contributed by atoms with Crippen molar-refractivity contribution in [2.45, 2.75) is 64.8 Å². The topological polar surface area (TPSA) is 143 Å². The van der Waals surface area contributed by atoms with Gasteiger partial charge in [0.15, 0.2) is 0 Å². The minimum absolute atomic E-state index is 0.0417. The molecule has 2 saturated heterocycles. The second-order valence-electron chi connectivity index (χ2n) is 14.5. The van der Waals surface area contributed by atoms with Gasteiger partial charge >= 0.3 is 6.09 Å². The summed E-state index contributed by atoms with van der Waals surface area (Å²) in [6.45, 7) is 7.49. The van der Waals surface area contributed by atoms with Crippen molar-refractivity contribution in [3.05, 3.63) is 90.8 Å². The third-order valence-electron chi connectivity index (χ3n) is 10.5. The maximum Gasteiger partial charge on any atom is 0.429 e. The number of para-hydroxylation sites is 1. The van der Waals surface area contributed by atoms with Crippen molar-refractivity contribution in [3.8, 4) is 16.9 Å². The molecule has 0 spiro atoms. The van der Waals surface area contributed by atoms with Crippen molar-refractivity contribution in [1.29, 1.82) is 0 Å². The van der Waals surface area contributed by atoms with Crippen molar-refractivity contribution in [2.75, 3.05) is 76.3 Å². The molecule has 3 aromatic carbocycles. The number of aromatic hydroxyl groups is 1. The fourth-order valence-electron chi connectivity index (χ4n) is 7.18. The van der Waals surface area contributed by atoms with E-state index in [-0.39, 0.29) is 36.3 Å². The van der Waals surface area contributed by atoms with Gasteiger partial charge in [0.1, 0.15) is 12.4 Å². The summed E-state index contributed by atoms with van der Waals surface area (Å²) in [5.41, 5.74) is 3.59. The third-order valence-corrected chi connectivity index (χ3v) is 12.3. The summed E-state index contributed by atoms with van der Waals surface area (Å²) >= 11 is 0. The number of carbonyl (C=O) groups is 3. The van der Waals surface area contributed by atoms with E-state index in [4.69, 9.17) is 4.74 Å². The van der Waals surface area contributed by atoms with E-state index in [1.54, 1.807) is 28.4 Å². The fourth-order valence-corrected chi connectivity index (χ4v) is 8.26. The molecule has 0 saturated carbocycles. The number of rotatable bonds is 20. The SMILES string of the molecule is CCS(=O)(=O)N1CCN(CCCC(=O)N(CCCCCNC(=O)CCOC(=O)N(c2ccccc2-c2ccccc2)N2CC[CH]CC2)Cc2ccc(O)cc2)CC1. The van der Waals surface area contributed by atoms with Crippen LogP contribution < -0.4 is 10.3 Å². The van der Waals surface area contributed by atoms with E-state index >= 15 is 0 Å². The Morgan fingerprint density at radius 1 is 0.807 bits per heavy atom. The number of carbonyl (C=O) groups excluding carboxylic acids is 3. The third kappa shape index (κ3) is 13.6. The Kier molecular flexibility index (Phi) is 17.2. The van der Waals surface area contributed by atoms with Crippen LogP contribution in [0.25, 0.3) is 11.1 Å². The van der Waals surface area contributed by atoms with Crippen LogP contribution in [0.1, 0.15) is 63.9 Å². The predicted octanol–water partition coefficient (Wildman–Crippen LogP) is 5.67. The second kappa shape index (κ2) is 22.4. The van der Waals surface area contributed by atoms with Crippen molar-refractivity contribution in [3.63, 3.8) is 0 Å².